The molecule has 3 rings (SSSR count). The molecule has 2 unspecified atom stereocenters. The molecule has 2 aromatic carbocycles. The number of carbonyl (C=O) groups is 1. The maximum atomic E-state index is 12.9. The highest BCUT2D eigenvalue weighted by Crippen LogP contribution is 2.27. The number of thioether (sulfide) groups is 1. The zero-order valence-corrected chi connectivity index (χ0v) is 17.2. The Morgan fingerprint density at radius 2 is 1.68 bits per heavy atom. The Bertz CT molecular complexity index is 883. The van der Waals surface area contributed by atoms with Crippen molar-refractivity contribution < 1.29 is 9.21 Å². The quantitative estimate of drug-likeness (QED) is 0.505. The van der Waals surface area contributed by atoms with Crippen LogP contribution >= 0.6 is 11.8 Å². The molecular weight excluding hydrogens is 370 g/mol. The second-order valence-corrected chi connectivity index (χ2v) is 7.95. The third kappa shape index (κ3) is 5.01. The lowest BCUT2D eigenvalue weighted by Crippen LogP contribution is -2.36. The average Bonchev–Trinajstić information content (AvgIpc) is 3.16. The number of rotatable bonds is 8. The molecule has 0 aliphatic rings. The van der Waals surface area contributed by atoms with Gasteiger partial charge in [0.15, 0.2) is 0 Å². The Morgan fingerprint density at radius 3 is 2.32 bits per heavy atom. The molecule has 0 aliphatic heterocycles. The highest BCUT2D eigenvalue weighted by atomic mass is 32.2. The summed E-state index contributed by atoms with van der Waals surface area (Å²) in [7, 11) is 0. The predicted octanol–water partition coefficient (Wildman–Crippen LogP) is 4.95. The third-order valence-corrected chi connectivity index (χ3v) is 5.50. The van der Waals surface area contributed by atoms with Gasteiger partial charge in [0.2, 0.25) is 11.8 Å². The summed E-state index contributed by atoms with van der Waals surface area (Å²) < 4.78 is 5.79. The summed E-state index contributed by atoms with van der Waals surface area (Å²) in [6.07, 6.45) is 0.672. The Kier molecular flexibility index (Phi) is 6.87. The Balaban J connectivity index is 1.61. The molecule has 0 saturated heterocycles. The molecule has 5 nitrogen and oxygen atoms in total. The number of anilines is 1. The molecule has 6 heteroatoms. The van der Waals surface area contributed by atoms with Gasteiger partial charge in [0.25, 0.3) is 5.22 Å². The highest BCUT2D eigenvalue weighted by molar-refractivity contribution is 8.00. The number of carbonyl (C=O) groups excluding carboxylic acids is 1. The minimum absolute atomic E-state index is 0.0242. The predicted molar refractivity (Wildman–Crippen MR) is 113 cm³/mol. The van der Waals surface area contributed by atoms with Gasteiger partial charge in [0.1, 0.15) is 0 Å². The van der Waals surface area contributed by atoms with Gasteiger partial charge >= 0.3 is 0 Å². The summed E-state index contributed by atoms with van der Waals surface area (Å²) in [6.45, 7) is 6.59. The van der Waals surface area contributed by atoms with E-state index in [9.17, 15) is 4.79 Å². The van der Waals surface area contributed by atoms with E-state index >= 15 is 0 Å². The van der Waals surface area contributed by atoms with Gasteiger partial charge < -0.3 is 9.32 Å². The normalized spacial score (nSPS) is 13.1. The first-order valence-electron chi connectivity index (χ1n) is 9.49. The van der Waals surface area contributed by atoms with Crippen LogP contribution in [-0.4, -0.2) is 27.9 Å². The number of nitrogens with zero attached hydrogens (tertiary/aromatic N) is 3. The van der Waals surface area contributed by atoms with Gasteiger partial charge in [0.05, 0.1) is 5.25 Å². The van der Waals surface area contributed by atoms with Crippen molar-refractivity contribution in [2.45, 2.75) is 43.6 Å². The summed E-state index contributed by atoms with van der Waals surface area (Å²) in [4.78, 5) is 14.6. The lowest BCUT2D eigenvalue weighted by atomic mass is 9.98. The second kappa shape index (κ2) is 9.55. The van der Waals surface area contributed by atoms with Crippen molar-refractivity contribution in [3.05, 3.63) is 72.1 Å². The van der Waals surface area contributed by atoms with E-state index in [1.165, 1.54) is 17.3 Å². The van der Waals surface area contributed by atoms with Gasteiger partial charge in [-0.05, 0) is 37.5 Å². The lowest BCUT2D eigenvalue weighted by Gasteiger charge is -2.23. The Hall–Kier alpha value is -2.60. The SMILES string of the molecule is CCN(C(=O)C(C)Sc1nnc(CC(C)c2ccccc2)o1)c1ccccc1. The Labute approximate surface area is 170 Å². The van der Waals surface area contributed by atoms with E-state index in [-0.39, 0.29) is 17.1 Å². The molecule has 0 N–H and O–H groups in total. The molecule has 0 spiro atoms. The van der Waals surface area contributed by atoms with Crippen molar-refractivity contribution in [2.24, 2.45) is 0 Å². The van der Waals surface area contributed by atoms with E-state index in [2.05, 4.69) is 29.3 Å². The number of amides is 1. The van der Waals surface area contributed by atoms with Crippen LogP contribution < -0.4 is 4.90 Å². The van der Waals surface area contributed by atoms with Crippen LogP contribution in [0.25, 0.3) is 0 Å². The van der Waals surface area contributed by atoms with Crippen molar-refractivity contribution in [1.29, 1.82) is 0 Å². The first-order valence-corrected chi connectivity index (χ1v) is 10.4. The topological polar surface area (TPSA) is 59.2 Å². The summed E-state index contributed by atoms with van der Waals surface area (Å²) in [5, 5.41) is 8.38. The number of para-hydroxylation sites is 1. The molecule has 0 saturated carbocycles. The first-order chi connectivity index (χ1) is 13.6. The summed E-state index contributed by atoms with van der Waals surface area (Å²) >= 11 is 1.30. The minimum atomic E-state index is -0.319. The standard InChI is InChI=1S/C22H25N3O2S/c1-4-25(19-13-9-6-10-14-19)21(26)17(3)28-22-24-23-20(27-22)15-16(2)18-11-7-5-8-12-18/h5-14,16-17H,4,15H2,1-3H3. The van der Waals surface area contributed by atoms with E-state index in [4.69, 9.17) is 4.42 Å². The fourth-order valence-electron chi connectivity index (χ4n) is 3.02. The van der Waals surface area contributed by atoms with Gasteiger partial charge in [-0.3, -0.25) is 4.79 Å². The largest absolute Gasteiger partial charge is 0.416 e. The van der Waals surface area contributed by atoms with E-state index in [0.717, 1.165) is 5.69 Å². The zero-order valence-electron chi connectivity index (χ0n) is 16.4. The maximum absolute atomic E-state index is 12.9. The van der Waals surface area contributed by atoms with E-state index in [0.29, 0.717) is 24.1 Å². The molecule has 0 bridgehead atoms. The molecule has 3 aromatic rings. The monoisotopic (exact) mass is 395 g/mol. The van der Waals surface area contributed by atoms with Crippen molar-refractivity contribution >= 4 is 23.4 Å². The van der Waals surface area contributed by atoms with Gasteiger partial charge in [0, 0.05) is 18.7 Å². The maximum Gasteiger partial charge on any atom is 0.277 e. The number of benzene rings is 2. The summed E-state index contributed by atoms with van der Waals surface area (Å²) in [5.41, 5.74) is 2.13. The third-order valence-electron chi connectivity index (χ3n) is 4.57. The number of hydrogen-bond donors (Lipinski definition) is 0. The van der Waals surface area contributed by atoms with Gasteiger partial charge in [-0.15, -0.1) is 10.2 Å². The highest BCUT2D eigenvalue weighted by Gasteiger charge is 2.24. The van der Waals surface area contributed by atoms with Gasteiger partial charge in [-0.1, -0.05) is 67.2 Å². The van der Waals surface area contributed by atoms with Crippen LogP contribution in [0.15, 0.2) is 70.3 Å². The molecule has 28 heavy (non-hydrogen) atoms. The molecule has 146 valence electrons. The average molecular weight is 396 g/mol. The molecule has 0 radical (unpaired) electrons. The number of hydrogen-bond acceptors (Lipinski definition) is 5. The molecule has 1 heterocycles. The van der Waals surface area contributed by atoms with Crippen molar-refractivity contribution in [2.75, 3.05) is 11.4 Å². The smallest absolute Gasteiger partial charge is 0.277 e. The molecule has 1 amide bonds. The first kappa shape index (κ1) is 20.1. The van der Waals surface area contributed by atoms with Crippen molar-refractivity contribution in [3.8, 4) is 0 Å². The number of aromatic nitrogens is 2. The summed E-state index contributed by atoms with van der Waals surface area (Å²) in [5.74, 6) is 0.900. The molecular formula is C22H25N3O2S. The molecule has 0 fully saturated rings. The van der Waals surface area contributed by atoms with Crippen LogP contribution in [0.1, 0.15) is 38.1 Å². The van der Waals surface area contributed by atoms with Gasteiger partial charge in [-0.2, -0.15) is 0 Å². The molecule has 0 aliphatic carbocycles. The van der Waals surface area contributed by atoms with Crippen molar-refractivity contribution in [3.63, 3.8) is 0 Å². The molecule has 2 atom stereocenters. The van der Waals surface area contributed by atoms with E-state index in [1.54, 1.807) is 4.90 Å². The van der Waals surface area contributed by atoms with Gasteiger partial charge in [-0.25, -0.2) is 0 Å². The van der Waals surface area contributed by atoms with Crippen LogP contribution in [0.5, 0.6) is 0 Å². The molecule has 1 aromatic heterocycles. The van der Waals surface area contributed by atoms with Crippen LogP contribution in [-0.2, 0) is 11.2 Å². The fourth-order valence-corrected chi connectivity index (χ4v) is 3.79. The minimum Gasteiger partial charge on any atom is -0.416 e. The van der Waals surface area contributed by atoms with E-state index in [1.807, 2.05) is 62.4 Å². The van der Waals surface area contributed by atoms with Crippen LogP contribution in [0.2, 0.25) is 0 Å². The fraction of sp³-hybridized carbons (Fsp3) is 0.318. The Morgan fingerprint density at radius 1 is 1.04 bits per heavy atom. The van der Waals surface area contributed by atoms with Crippen LogP contribution in [0.4, 0.5) is 5.69 Å². The van der Waals surface area contributed by atoms with Crippen LogP contribution in [0, 0.1) is 0 Å². The zero-order chi connectivity index (χ0) is 19.9. The van der Waals surface area contributed by atoms with E-state index < -0.39 is 0 Å². The summed E-state index contributed by atoms with van der Waals surface area (Å²) in [6, 6.07) is 19.9. The lowest BCUT2D eigenvalue weighted by molar-refractivity contribution is -0.117. The van der Waals surface area contributed by atoms with Crippen molar-refractivity contribution in [1.82, 2.24) is 10.2 Å². The van der Waals surface area contributed by atoms with Crippen LogP contribution in [0.3, 0.4) is 0 Å². The second-order valence-electron chi connectivity index (χ2n) is 6.66.